The summed E-state index contributed by atoms with van der Waals surface area (Å²) in [5, 5.41) is 14.8. The van der Waals surface area contributed by atoms with Gasteiger partial charge in [-0.2, -0.15) is 5.10 Å². The van der Waals surface area contributed by atoms with Crippen LogP contribution < -0.4 is 10.9 Å². The monoisotopic (exact) mass is 239 g/mol. The first-order valence-electron chi connectivity index (χ1n) is 4.82. The topological polar surface area (TPSA) is 111 Å². The van der Waals surface area contributed by atoms with Gasteiger partial charge < -0.3 is 15.2 Å². The number of ether oxygens (including phenoxy) is 1. The minimum absolute atomic E-state index is 0.0265. The van der Waals surface area contributed by atoms with Crippen molar-refractivity contribution in [2.75, 3.05) is 6.54 Å². The van der Waals surface area contributed by atoms with Crippen LogP contribution in [0.2, 0.25) is 0 Å². The molecule has 0 saturated carbocycles. The van der Waals surface area contributed by atoms with Crippen molar-refractivity contribution in [2.45, 2.75) is 12.6 Å². The quantitative estimate of drug-likeness (QED) is 0.703. The molecule has 8 nitrogen and oxygen atoms in total. The molecule has 0 bridgehead atoms. The summed E-state index contributed by atoms with van der Waals surface area (Å²) in [5.41, 5.74) is -0.681. The van der Waals surface area contributed by atoms with Crippen molar-refractivity contribution in [1.82, 2.24) is 15.1 Å². The first-order valence-corrected chi connectivity index (χ1v) is 4.82. The van der Waals surface area contributed by atoms with Crippen molar-refractivity contribution in [3.63, 3.8) is 0 Å². The first kappa shape index (κ1) is 11.1. The van der Waals surface area contributed by atoms with E-state index in [1.54, 1.807) is 0 Å². The third-order valence-electron chi connectivity index (χ3n) is 2.21. The van der Waals surface area contributed by atoms with Gasteiger partial charge in [0.2, 0.25) is 0 Å². The molecule has 8 heteroatoms. The Morgan fingerprint density at radius 2 is 2.35 bits per heavy atom. The maximum atomic E-state index is 11.4. The van der Waals surface area contributed by atoms with E-state index in [9.17, 15) is 14.4 Å². The predicted molar refractivity (Wildman–Crippen MR) is 53.7 cm³/mol. The van der Waals surface area contributed by atoms with Crippen molar-refractivity contribution in [1.29, 1.82) is 0 Å². The molecular formula is C9H9N3O5. The van der Waals surface area contributed by atoms with Crippen molar-refractivity contribution in [3.8, 4) is 0 Å². The smallest absolute Gasteiger partial charge is 0.407 e. The molecule has 1 atom stereocenters. The summed E-state index contributed by atoms with van der Waals surface area (Å²) in [7, 11) is 0. The van der Waals surface area contributed by atoms with E-state index in [-0.39, 0.29) is 18.8 Å². The van der Waals surface area contributed by atoms with Gasteiger partial charge in [0.15, 0.2) is 5.69 Å². The Kier molecular flexibility index (Phi) is 2.77. The number of hydrogen-bond donors (Lipinski definition) is 2. The van der Waals surface area contributed by atoms with Crippen LogP contribution in [0.3, 0.4) is 0 Å². The second-order valence-corrected chi connectivity index (χ2v) is 3.45. The molecule has 1 aliphatic rings. The maximum Gasteiger partial charge on any atom is 0.407 e. The average Bonchev–Trinajstić information content (AvgIpc) is 2.67. The molecule has 1 fully saturated rings. The zero-order valence-electron chi connectivity index (χ0n) is 8.62. The number of aromatic nitrogens is 2. The second-order valence-electron chi connectivity index (χ2n) is 3.45. The molecule has 1 saturated heterocycles. The van der Waals surface area contributed by atoms with Crippen LogP contribution in [0.25, 0.3) is 0 Å². The molecule has 2 heterocycles. The number of carbonyl (C=O) groups excluding carboxylic acids is 1. The van der Waals surface area contributed by atoms with Gasteiger partial charge in [0.05, 0.1) is 13.1 Å². The van der Waals surface area contributed by atoms with Crippen LogP contribution in [-0.4, -0.2) is 39.6 Å². The van der Waals surface area contributed by atoms with Crippen molar-refractivity contribution in [2.24, 2.45) is 0 Å². The lowest BCUT2D eigenvalue weighted by Gasteiger charge is -2.09. The number of nitrogens with zero attached hydrogens (tertiary/aromatic N) is 2. The summed E-state index contributed by atoms with van der Waals surface area (Å²) in [5.74, 6) is -1.22. The normalized spacial score (nSPS) is 18.6. The number of nitrogens with one attached hydrogen (secondary N) is 1. The molecule has 2 rings (SSSR count). The molecule has 0 radical (unpaired) electrons. The molecule has 0 aromatic carbocycles. The van der Waals surface area contributed by atoms with Gasteiger partial charge in [0.25, 0.3) is 5.56 Å². The lowest BCUT2D eigenvalue weighted by Crippen LogP contribution is -2.31. The third kappa shape index (κ3) is 2.41. The number of amides is 1. The number of carboxylic acids is 1. The van der Waals surface area contributed by atoms with Crippen molar-refractivity contribution in [3.05, 3.63) is 28.2 Å². The lowest BCUT2D eigenvalue weighted by atomic mass is 10.3. The molecule has 1 unspecified atom stereocenters. The number of aromatic carboxylic acids is 1. The van der Waals surface area contributed by atoms with Crippen molar-refractivity contribution >= 4 is 12.1 Å². The Bertz CT molecular complexity index is 524. The van der Waals surface area contributed by atoms with Gasteiger partial charge in [0.1, 0.15) is 6.10 Å². The molecule has 17 heavy (non-hydrogen) atoms. The highest BCUT2D eigenvalue weighted by Crippen LogP contribution is 2.01. The van der Waals surface area contributed by atoms with Crippen LogP contribution in [0.5, 0.6) is 0 Å². The van der Waals surface area contributed by atoms with Crippen LogP contribution in [0.1, 0.15) is 10.5 Å². The van der Waals surface area contributed by atoms with E-state index in [4.69, 9.17) is 9.84 Å². The van der Waals surface area contributed by atoms with Gasteiger partial charge in [-0.15, -0.1) is 0 Å². The Labute approximate surface area is 94.8 Å². The van der Waals surface area contributed by atoms with Gasteiger partial charge in [-0.1, -0.05) is 0 Å². The first-order chi connectivity index (χ1) is 8.06. The molecular weight excluding hydrogens is 230 g/mol. The zero-order valence-corrected chi connectivity index (χ0v) is 8.62. The highest BCUT2D eigenvalue weighted by Gasteiger charge is 2.23. The Morgan fingerprint density at radius 1 is 1.59 bits per heavy atom. The number of carbonyl (C=O) groups is 2. The molecule has 1 aliphatic heterocycles. The second kappa shape index (κ2) is 4.24. The van der Waals surface area contributed by atoms with Gasteiger partial charge in [-0.25, -0.2) is 14.3 Å². The van der Waals surface area contributed by atoms with E-state index in [0.717, 1.165) is 16.8 Å². The highest BCUT2D eigenvalue weighted by atomic mass is 16.6. The largest absolute Gasteiger partial charge is 0.476 e. The maximum absolute atomic E-state index is 11.4. The zero-order chi connectivity index (χ0) is 12.4. The third-order valence-corrected chi connectivity index (χ3v) is 2.21. The number of hydrogen-bond acceptors (Lipinski definition) is 5. The van der Waals surface area contributed by atoms with Gasteiger partial charge >= 0.3 is 12.1 Å². The molecule has 0 spiro atoms. The van der Waals surface area contributed by atoms with Crippen LogP contribution in [0, 0.1) is 0 Å². The molecule has 1 amide bonds. The van der Waals surface area contributed by atoms with Crippen LogP contribution >= 0.6 is 0 Å². The summed E-state index contributed by atoms with van der Waals surface area (Å²) < 4.78 is 5.79. The van der Waals surface area contributed by atoms with Crippen molar-refractivity contribution < 1.29 is 19.4 Å². The summed E-state index contributed by atoms with van der Waals surface area (Å²) in [6.45, 7) is 0.295. The van der Waals surface area contributed by atoms with Gasteiger partial charge in [-0.05, 0) is 6.07 Å². The predicted octanol–water partition coefficient (Wildman–Crippen LogP) is -0.950. The fourth-order valence-electron chi connectivity index (χ4n) is 1.42. The number of alkyl carbamates (subject to hydrolysis) is 1. The van der Waals surface area contributed by atoms with E-state index < -0.39 is 23.7 Å². The van der Waals surface area contributed by atoms with Gasteiger partial charge in [-0.3, -0.25) is 4.79 Å². The summed E-state index contributed by atoms with van der Waals surface area (Å²) in [4.78, 5) is 32.9. The van der Waals surface area contributed by atoms with E-state index in [1.807, 2.05) is 0 Å². The van der Waals surface area contributed by atoms with E-state index in [0.29, 0.717) is 0 Å². The average molecular weight is 239 g/mol. The number of rotatable bonds is 3. The van der Waals surface area contributed by atoms with E-state index in [2.05, 4.69) is 10.4 Å². The Hall–Kier alpha value is -2.38. The highest BCUT2D eigenvalue weighted by molar-refractivity contribution is 5.84. The van der Waals surface area contributed by atoms with Gasteiger partial charge in [0, 0.05) is 6.07 Å². The van der Waals surface area contributed by atoms with Crippen LogP contribution in [-0.2, 0) is 11.3 Å². The minimum atomic E-state index is -1.22. The Balaban J connectivity index is 2.20. The molecule has 0 aliphatic carbocycles. The summed E-state index contributed by atoms with van der Waals surface area (Å²) in [6.07, 6.45) is -1.07. The lowest BCUT2D eigenvalue weighted by molar-refractivity contribution is 0.0684. The standard InChI is InChI=1S/C9H9N3O5/c13-7-2-1-6(8(14)15)11-12(7)4-5-3-10-9(16)17-5/h1-2,5H,3-4H2,(H,10,16)(H,14,15). The molecule has 1 aromatic rings. The molecule has 2 N–H and O–H groups in total. The van der Waals surface area contributed by atoms with E-state index >= 15 is 0 Å². The Morgan fingerprint density at radius 3 is 2.94 bits per heavy atom. The summed E-state index contributed by atoms with van der Waals surface area (Å²) >= 11 is 0. The SMILES string of the molecule is O=C1NCC(Cn2nc(C(=O)O)ccc2=O)O1. The van der Waals surface area contributed by atoms with Crippen LogP contribution in [0.4, 0.5) is 4.79 Å². The number of cyclic esters (lactones) is 1. The molecule has 90 valence electrons. The number of carboxylic acid groups (broad SMARTS) is 1. The summed E-state index contributed by atoms with van der Waals surface area (Å²) in [6, 6.07) is 2.24. The van der Waals surface area contributed by atoms with Crippen LogP contribution in [0.15, 0.2) is 16.9 Å². The van der Waals surface area contributed by atoms with E-state index in [1.165, 1.54) is 0 Å². The molecule has 1 aromatic heterocycles. The fourth-order valence-corrected chi connectivity index (χ4v) is 1.42. The minimum Gasteiger partial charge on any atom is -0.476 e. The fraction of sp³-hybridized carbons (Fsp3) is 0.333.